The Balaban J connectivity index is 2.66. The van der Waals surface area contributed by atoms with E-state index in [-0.39, 0.29) is 5.56 Å². The molecule has 0 aliphatic carbocycles. The van der Waals surface area contributed by atoms with E-state index in [1.807, 2.05) is 19.0 Å². The number of pyridine rings is 1. The smallest absolute Gasteiger partial charge is 0.337 e. The number of hydrogen-bond acceptors (Lipinski definition) is 3. The topological polar surface area (TPSA) is 57.8 Å². The predicted octanol–water partition coefficient (Wildman–Crippen LogP) is 1.10. The molecule has 2 aromatic heterocycles. The molecule has 0 spiro atoms. The fourth-order valence-corrected chi connectivity index (χ4v) is 1.43. The van der Waals surface area contributed by atoms with Crippen LogP contribution in [0.3, 0.4) is 0 Å². The summed E-state index contributed by atoms with van der Waals surface area (Å²) in [5.74, 6) is -0.219. The van der Waals surface area contributed by atoms with Crippen molar-refractivity contribution in [3.8, 4) is 0 Å². The second-order valence-corrected chi connectivity index (χ2v) is 3.47. The van der Waals surface area contributed by atoms with Gasteiger partial charge in [0.2, 0.25) is 5.95 Å². The van der Waals surface area contributed by atoms with Crippen LogP contribution < -0.4 is 4.90 Å². The number of carboxylic acid groups (broad SMARTS) is 1. The molecule has 0 unspecified atom stereocenters. The summed E-state index contributed by atoms with van der Waals surface area (Å²) in [6.45, 7) is 0. The third-order valence-corrected chi connectivity index (χ3v) is 2.15. The maximum atomic E-state index is 10.8. The molecule has 0 saturated carbocycles. The van der Waals surface area contributed by atoms with Crippen LogP contribution in [0.15, 0.2) is 24.5 Å². The Morgan fingerprint density at radius 3 is 2.80 bits per heavy atom. The zero-order valence-corrected chi connectivity index (χ0v) is 8.51. The monoisotopic (exact) mass is 205 g/mol. The van der Waals surface area contributed by atoms with Gasteiger partial charge in [0.1, 0.15) is 0 Å². The fraction of sp³-hybridized carbons (Fsp3) is 0.200. The van der Waals surface area contributed by atoms with Crippen LogP contribution in [0.25, 0.3) is 5.52 Å². The van der Waals surface area contributed by atoms with Crippen LogP contribution in [0.1, 0.15) is 10.4 Å². The number of carbonyl (C=O) groups is 1. The molecule has 0 radical (unpaired) electrons. The van der Waals surface area contributed by atoms with Gasteiger partial charge in [0, 0.05) is 20.3 Å². The Hall–Kier alpha value is -2.04. The molecule has 0 bridgehead atoms. The Kier molecular flexibility index (Phi) is 2.07. The Morgan fingerprint density at radius 1 is 1.47 bits per heavy atom. The number of nitrogens with zero attached hydrogens (tertiary/aromatic N) is 3. The van der Waals surface area contributed by atoms with Crippen LogP contribution in [0, 0.1) is 0 Å². The highest BCUT2D eigenvalue weighted by molar-refractivity contribution is 5.87. The normalized spacial score (nSPS) is 10.5. The molecular weight excluding hydrogens is 194 g/mol. The summed E-state index contributed by atoms with van der Waals surface area (Å²) >= 11 is 0. The Morgan fingerprint density at radius 2 is 2.20 bits per heavy atom. The summed E-state index contributed by atoms with van der Waals surface area (Å²) in [7, 11) is 3.73. The number of anilines is 1. The van der Waals surface area contributed by atoms with Gasteiger partial charge in [-0.25, -0.2) is 9.78 Å². The van der Waals surface area contributed by atoms with Gasteiger partial charge in [-0.1, -0.05) is 0 Å². The molecule has 0 fully saturated rings. The summed E-state index contributed by atoms with van der Waals surface area (Å²) in [5.41, 5.74) is 1.13. The molecule has 2 heterocycles. The average Bonchev–Trinajstić information content (AvgIpc) is 2.59. The molecule has 0 amide bonds. The highest BCUT2D eigenvalue weighted by Crippen LogP contribution is 2.14. The number of rotatable bonds is 2. The molecule has 15 heavy (non-hydrogen) atoms. The Labute approximate surface area is 86.6 Å². The first kappa shape index (κ1) is 9.51. The van der Waals surface area contributed by atoms with E-state index in [1.165, 1.54) is 0 Å². The van der Waals surface area contributed by atoms with E-state index >= 15 is 0 Å². The van der Waals surface area contributed by atoms with Crippen molar-refractivity contribution in [1.82, 2.24) is 9.38 Å². The van der Waals surface area contributed by atoms with E-state index in [1.54, 1.807) is 28.9 Å². The van der Waals surface area contributed by atoms with Crippen LogP contribution in [0.2, 0.25) is 0 Å². The maximum absolute atomic E-state index is 10.8. The first-order chi connectivity index (χ1) is 7.09. The molecule has 5 nitrogen and oxygen atoms in total. The van der Waals surface area contributed by atoms with Gasteiger partial charge in [0.15, 0.2) is 0 Å². The number of fused-ring (bicyclic) bond motifs is 1. The van der Waals surface area contributed by atoms with Crippen molar-refractivity contribution < 1.29 is 9.90 Å². The lowest BCUT2D eigenvalue weighted by Gasteiger charge is -2.10. The van der Waals surface area contributed by atoms with Crippen LogP contribution >= 0.6 is 0 Å². The average molecular weight is 205 g/mol. The third-order valence-electron chi connectivity index (χ3n) is 2.15. The molecule has 2 rings (SSSR count). The summed E-state index contributed by atoms with van der Waals surface area (Å²) in [6.07, 6.45) is 3.28. The molecule has 0 aliphatic heterocycles. The summed E-state index contributed by atoms with van der Waals surface area (Å²) in [6, 6.07) is 3.31. The van der Waals surface area contributed by atoms with Crippen molar-refractivity contribution in [2.45, 2.75) is 0 Å². The number of imidazole rings is 1. The molecule has 0 atom stereocenters. The second kappa shape index (κ2) is 3.27. The second-order valence-electron chi connectivity index (χ2n) is 3.47. The molecule has 78 valence electrons. The standard InChI is InChI=1S/C10H11N3O2/c1-12(2)10-11-5-8-4-3-7(9(14)15)6-13(8)10/h3-6H,1-2H3,(H,14,15). The van der Waals surface area contributed by atoms with Crippen LogP contribution in [-0.4, -0.2) is 34.6 Å². The minimum atomic E-state index is -0.935. The van der Waals surface area contributed by atoms with Crippen LogP contribution in [0.4, 0.5) is 5.95 Å². The lowest BCUT2D eigenvalue weighted by molar-refractivity contribution is 0.0696. The molecule has 5 heteroatoms. The third kappa shape index (κ3) is 1.52. The van der Waals surface area contributed by atoms with Gasteiger partial charge in [0.05, 0.1) is 17.3 Å². The first-order valence-electron chi connectivity index (χ1n) is 4.47. The Bertz CT molecular complexity index is 516. The minimum absolute atomic E-state index is 0.253. The van der Waals surface area contributed by atoms with E-state index in [0.717, 1.165) is 5.52 Å². The number of aromatic carboxylic acids is 1. The van der Waals surface area contributed by atoms with E-state index in [2.05, 4.69) is 4.98 Å². The van der Waals surface area contributed by atoms with Crippen molar-refractivity contribution in [3.63, 3.8) is 0 Å². The van der Waals surface area contributed by atoms with Gasteiger partial charge >= 0.3 is 5.97 Å². The van der Waals surface area contributed by atoms with Crippen molar-refractivity contribution in [3.05, 3.63) is 30.1 Å². The quantitative estimate of drug-likeness (QED) is 0.797. The number of hydrogen-bond donors (Lipinski definition) is 1. The van der Waals surface area contributed by atoms with Crippen molar-refractivity contribution in [1.29, 1.82) is 0 Å². The molecule has 1 N–H and O–H groups in total. The van der Waals surface area contributed by atoms with Crippen molar-refractivity contribution >= 4 is 17.4 Å². The molecule has 0 aliphatic rings. The van der Waals surface area contributed by atoms with Gasteiger partial charge in [-0.3, -0.25) is 4.40 Å². The van der Waals surface area contributed by atoms with Crippen molar-refractivity contribution in [2.75, 3.05) is 19.0 Å². The predicted molar refractivity (Wildman–Crippen MR) is 56.5 cm³/mol. The summed E-state index contributed by atoms with van der Waals surface area (Å²) in [4.78, 5) is 16.8. The van der Waals surface area contributed by atoms with Crippen molar-refractivity contribution in [2.24, 2.45) is 0 Å². The zero-order chi connectivity index (χ0) is 11.0. The fourth-order valence-electron chi connectivity index (χ4n) is 1.43. The lowest BCUT2D eigenvalue weighted by Crippen LogP contribution is -2.12. The lowest BCUT2D eigenvalue weighted by atomic mass is 10.3. The first-order valence-corrected chi connectivity index (χ1v) is 4.47. The van der Waals surface area contributed by atoms with Gasteiger partial charge < -0.3 is 10.0 Å². The molecular formula is C10H11N3O2. The van der Waals surface area contributed by atoms with Gasteiger partial charge in [-0.05, 0) is 12.1 Å². The van der Waals surface area contributed by atoms with Crippen LogP contribution in [-0.2, 0) is 0 Å². The highest BCUT2D eigenvalue weighted by Gasteiger charge is 2.08. The summed E-state index contributed by atoms with van der Waals surface area (Å²) in [5, 5.41) is 8.86. The largest absolute Gasteiger partial charge is 0.478 e. The van der Waals surface area contributed by atoms with Gasteiger partial charge in [-0.15, -0.1) is 0 Å². The van der Waals surface area contributed by atoms with E-state index in [0.29, 0.717) is 5.95 Å². The number of carboxylic acids is 1. The summed E-state index contributed by atoms with van der Waals surface area (Å²) < 4.78 is 1.75. The van der Waals surface area contributed by atoms with E-state index in [4.69, 9.17) is 5.11 Å². The highest BCUT2D eigenvalue weighted by atomic mass is 16.4. The van der Waals surface area contributed by atoms with E-state index < -0.39 is 5.97 Å². The van der Waals surface area contributed by atoms with E-state index in [9.17, 15) is 4.79 Å². The zero-order valence-electron chi connectivity index (χ0n) is 8.51. The molecule has 0 aromatic carbocycles. The van der Waals surface area contributed by atoms with Crippen LogP contribution in [0.5, 0.6) is 0 Å². The maximum Gasteiger partial charge on any atom is 0.337 e. The SMILES string of the molecule is CN(C)c1ncc2ccc(C(=O)O)cn12. The van der Waals surface area contributed by atoms with Gasteiger partial charge in [0.25, 0.3) is 0 Å². The number of aromatic nitrogens is 2. The minimum Gasteiger partial charge on any atom is -0.478 e. The van der Waals surface area contributed by atoms with Gasteiger partial charge in [-0.2, -0.15) is 0 Å². The molecule has 0 saturated heterocycles. The molecule has 2 aromatic rings.